The Morgan fingerprint density at radius 3 is 2.50 bits per heavy atom. The Balaban J connectivity index is 1.96. The Morgan fingerprint density at radius 1 is 1.36 bits per heavy atom. The van der Waals surface area contributed by atoms with E-state index >= 15 is 0 Å². The van der Waals surface area contributed by atoms with Gasteiger partial charge in [0.1, 0.15) is 0 Å². The zero-order valence-corrected chi connectivity index (χ0v) is 10.3. The minimum Gasteiger partial charge on any atom is -0.339 e. The molecule has 3 heteroatoms. The van der Waals surface area contributed by atoms with Gasteiger partial charge in [-0.05, 0) is 26.2 Å². The summed E-state index contributed by atoms with van der Waals surface area (Å²) >= 11 is 3.60. The molecule has 1 aliphatic heterocycles. The van der Waals surface area contributed by atoms with Crippen LogP contribution in [0.1, 0.15) is 39.0 Å². The van der Waals surface area contributed by atoms with Crippen LogP contribution in [-0.2, 0) is 4.79 Å². The SMILES string of the molecule is CC1CC(Br)CN1C(=O)C1CCCC1. The molecule has 1 heterocycles. The lowest BCUT2D eigenvalue weighted by Crippen LogP contribution is -2.37. The maximum Gasteiger partial charge on any atom is 0.225 e. The van der Waals surface area contributed by atoms with Gasteiger partial charge in [-0.25, -0.2) is 0 Å². The molecule has 1 saturated carbocycles. The third-order valence-corrected chi connectivity index (χ3v) is 4.17. The van der Waals surface area contributed by atoms with Gasteiger partial charge in [0.2, 0.25) is 5.91 Å². The second-order valence-corrected chi connectivity index (χ2v) is 5.95. The standard InChI is InChI=1S/C11H18BrNO/c1-8-6-10(12)7-13(8)11(14)9-4-2-3-5-9/h8-10H,2-7H2,1H3. The van der Waals surface area contributed by atoms with Crippen molar-refractivity contribution in [3.05, 3.63) is 0 Å². The number of rotatable bonds is 1. The highest BCUT2D eigenvalue weighted by Crippen LogP contribution is 2.31. The van der Waals surface area contributed by atoms with Gasteiger partial charge in [-0.2, -0.15) is 0 Å². The Labute approximate surface area is 94.2 Å². The lowest BCUT2D eigenvalue weighted by atomic mass is 10.1. The molecule has 2 nitrogen and oxygen atoms in total. The number of alkyl halides is 1. The van der Waals surface area contributed by atoms with E-state index in [1.807, 2.05) is 0 Å². The molecule has 1 saturated heterocycles. The molecular formula is C11H18BrNO. The van der Waals surface area contributed by atoms with Gasteiger partial charge in [0.05, 0.1) is 0 Å². The first-order chi connectivity index (χ1) is 6.68. The molecule has 0 spiro atoms. The van der Waals surface area contributed by atoms with Crippen LogP contribution in [0.2, 0.25) is 0 Å². The van der Waals surface area contributed by atoms with Crippen LogP contribution in [0.15, 0.2) is 0 Å². The van der Waals surface area contributed by atoms with E-state index in [0.717, 1.165) is 25.8 Å². The average molecular weight is 260 g/mol. The summed E-state index contributed by atoms with van der Waals surface area (Å²) in [5.41, 5.74) is 0. The first-order valence-corrected chi connectivity index (χ1v) is 6.54. The predicted molar refractivity (Wildman–Crippen MR) is 60.5 cm³/mol. The molecule has 14 heavy (non-hydrogen) atoms. The lowest BCUT2D eigenvalue weighted by molar-refractivity contribution is -0.135. The van der Waals surface area contributed by atoms with Crippen LogP contribution in [0.25, 0.3) is 0 Å². The summed E-state index contributed by atoms with van der Waals surface area (Å²) in [7, 11) is 0. The molecule has 0 aromatic carbocycles. The van der Waals surface area contributed by atoms with Crippen molar-refractivity contribution >= 4 is 21.8 Å². The van der Waals surface area contributed by atoms with Crippen molar-refractivity contribution in [1.82, 2.24) is 4.90 Å². The van der Waals surface area contributed by atoms with E-state index in [1.54, 1.807) is 0 Å². The molecule has 2 atom stereocenters. The number of halogens is 1. The highest BCUT2D eigenvalue weighted by Gasteiger charge is 2.35. The van der Waals surface area contributed by atoms with Crippen LogP contribution in [0.4, 0.5) is 0 Å². The normalized spacial score (nSPS) is 34.0. The van der Waals surface area contributed by atoms with Gasteiger partial charge in [-0.1, -0.05) is 28.8 Å². The summed E-state index contributed by atoms with van der Waals surface area (Å²) in [4.78, 5) is 14.7. The summed E-state index contributed by atoms with van der Waals surface area (Å²) in [6, 6.07) is 0.437. The summed E-state index contributed by atoms with van der Waals surface area (Å²) in [5, 5.41) is 0. The molecule has 0 bridgehead atoms. The van der Waals surface area contributed by atoms with Gasteiger partial charge in [0, 0.05) is 23.3 Å². The van der Waals surface area contributed by atoms with Gasteiger partial charge in [-0.3, -0.25) is 4.79 Å². The van der Waals surface area contributed by atoms with Crippen molar-refractivity contribution in [3.63, 3.8) is 0 Å². The van der Waals surface area contributed by atoms with Crippen molar-refractivity contribution < 1.29 is 4.79 Å². The topological polar surface area (TPSA) is 20.3 Å². The van der Waals surface area contributed by atoms with Crippen molar-refractivity contribution in [2.24, 2.45) is 5.92 Å². The fourth-order valence-electron chi connectivity index (χ4n) is 2.68. The Bertz CT molecular complexity index is 225. The van der Waals surface area contributed by atoms with E-state index in [9.17, 15) is 4.79 Å². The summed E-state index contributed by atoms with van der Waals surface area (Å²) < 4.78 is 0. The number of likely N-dealkylation sites (tertiary alicyclic amines) is 1. The van der Waals surface area contributed by atoms with Gasteiger partial charge in [0.25, 0.3) is 0 Å². The van der Waals surface area contributed by atoms with Gasteiger partial charge < -0.3 is 4.90 Å². The third kappa shape index (κ3) is 1.97. The van der Waals surface area contributed by atoms with E-state index in [2.05, 4.69) is 27.8 Å². The van der Waals surface area contributed by atoms with E-state index in [-0.39, 0.29) is 0 Å². The molecule has 0 radical (unpaired) electrons. The molecule has 1 aliphatic carbocycles. The minimum absolute atomic E-state index is 0.343. The average Bonchev–Trinajstić information content (AvgIpc) is 2.73. The highest BCUT2D eigenvalue weighted by atomic mass is 79.9. The van der Waals surface area contributed by atoms with Crippen LogP contribution in [0.5, 0.6) is 0 Å². The number of hydrogen-bond donors (Lipinski definition) is 0. The second kappa shape index (κ2) is 4.21. The molecule has 80 valence electrons. The van der Waals surface area contributed by atoms with E-state index in [0.29, 0.717) is 22.7 Å². The number of amides is 1. The Morgan fingerprint density at radius 2 is 2.00 bits per heavy atom. The van der Waals surface area contributed by atoms with Gasteiger partial charge >= 0.3 is 0 Å². The van der Waals surface area contributed by atoms with Crippen molar-refractivity contribution in [2.75, 3.05) is 6.54 Å². The fraction of sp³-hybridized carbons (Fsp3) is 0.909. The van der Waals surface area contributed by atoms with Gasteiger partial charge in [-0.15, -0.1) is 0 Å². The van der Waals surface area contributed by atoms with Crippen LogP contribution < -0.4 is 0 Å². The second-order valence-electron chi connectivity index (χ2n) is 4.65. The fourth-order valence-corrected chi connectivity index (χ4v) is 3.53. The number of hydrogen-bond acceptors (Lipinski definition) is 1. The Kier molecular flexibility index (Phi) is 3.15. The predicted octanol–water partition coefficient (Wildman–Crippen LogP) is 2.56. The molecule has 2 unspecified atom stereocenters. The van der Waals surface area contributed by atoms with Crippen LogP contribution in [0, 0.1) is 5.92 Å². The minimum atomic E-state index is 0.343. The molecular weight excluding hydrogens is 242 g/mol. The van der Waals surface area contributed by atoms with Crippen LogP contribution in [-0.4, -0.2) is 28.2 Å². The summed E-state index contributed by atoms with van der Waals surface area (Å²) in [6.07, 6.45) is 5.84. The van der Waals surface area contributed by atoms with E-state index in [1.165, 1.54) is 12.8 Å². The largest absolute Gasteiger partial charge is 0.339 e. The summed E-state index contributed by atoms with van der Waals surface area (Å²) in [5.74, 6) is 0.757. The summed E-state index contributed by atoms with van der Waals surface area (Å²) in [6.45, 7) is 3.07. The molecule has 0 N–H and O–H groups in total. The number of nitrogens with zero attached hydrogens (tertiary/aromatic N) is 1. The maximum atomic E-state index is 12.1. The van der Waals surface area contributed by atoms with Gasteiger partial charge in [0.15, 0.2) is 0 Å². The van der Waals surface area contributed by atoms with E-state index < -0.39 is 0 Å². The smallest absolute Gasteiger partial charge is 0.225 e. The molecule has 0 aromatic heterocycles. The number of carbonyl (C=O) groups excluding carboxylic acids is 1. The highest BCUT2D eigenvalue weighted by molar-refractivity contribution is 9.09. The van der Waals surface area contributed by atoms with Crippen molar-refractivity contribution in [3.8, 4) is 0 Å². The molecule has 1 amide bonds. The van der Waals surface area contributed by atoms with E-state index in [4.69, 9.17) is 0 Å². The quantitative estimate of drug-likeness (QED) is 0.663. The first kappa shape index (κ1) is 10.5. The zero-order valence-electron chi connectivity index (χ0n) is 8.71. The number of carbonyl (C=O) groups is 1. The van der Waals surface area contributed by atoms with Crippen LogP contribution >= 0.6 is 15.9 Å². The molecule has 2 aliphatic rings. The Hall–Kier alpha value is -0.0500. The maximum absolute atomic E-state index is 12.1. The lowest BCUT2D eigenvalue weighted by Gasteiger charge is -2.24. The zero-order chi connectivity index (χ0) is 10.1. The molecule has 0 aromatic rings. The van der Waals surface area contributed by atoms with Crippen molar-refractivity contribution in [1.29, 1.82) is 0 Å². The monoisotopic (exact) mass is 259 g/mol. The van der Waals surface area contributed by atoms with Crippen molar-refractivity contribution in [2.45, 2.75) is 49.9 Å². The molecule has 2 fully saturated rings. The first-order valence-electron chi connectivity index (χ1n) is 5.63. The third-order valence-electron chi connectivity index (χ3n) is 3.51. The molecule has 2 rings (SSSR count). The van der Waals surface area contributed by atoms with Crippen LogP contribution in [0.3, 0.4) is 0 Å².